The molecule has 0 bridgehead atoms. The van der Waals surface area contributed by atoms with Crippen LogP contribution in [0.4, 0.5) is 0 Å². The van der Waals surface area contributed by atoms with Crippen LogP contribution in [0.5, 0.6) is 0 Å². The van der Waals surface area contributed by atoms with Crippen LogP contribution in [-0.4, -0.2) is 40.5 Å². The van der Waals surface area contributed by atoms with E-state index in [4.69, 9.17) is 0 Å². The second-order valence-corrected chi connectivity index (χ2v) is 6.30. The normalized spacial score (nSPS) is 22.1. The van der Waals surface area contributed by atoms with Crippen molar-refractivity contribution < 1.29 is 0 Å². The summed E-state index contributed by atoms with van der Waals surface area (Å²) in [6.07, 6.45) is 9.36. The first-order valence-corrected chi connectivity index (χ1v) is 7.90. The van der Waals surface area contributed by atoms with Crippen LogP contribution < -0.4 is 5.32 Å². The molecule has 112 valence electrons. The fraction of sp³-hybridized carbons (Fsp3) is 0.750. The summed E-state index contributed by atoms with van der Waals surface area (Å²) in [7, 11) is 0. The molecule has 1 aromatic heterocycles. The number of piperidine rings is 1. The molecule has 0 aromatic carbocycles. The molecule has 2 heterocycles. The third kappa shape index (κ3) is 4.53. The Morgan fingerprint density at radius 2 is 2.15 bits per heavy atom. The standard InChI is InChI=1S/C16H28N4/c1-13(2)12-20-9-5-4-6-15(20)10-19-14(3)16-11-17-7-8-18-16/h7-8,11,13-15,19H,4-6,9-10,12H2,1-3H3/t14-,15-/m0/s1. The van der Waals surface area contributed by atoms with Crippen LogP contribution in [0.3, 0.4) is 0 Å². The fourth-order valence-electron chi connectivity index (χ4n) is 2.95. The summed E-state index contributed by atoms with van der Waals surface area (Å²) < 4.78 is 0. The van der Waals surface area contributed by atoms with Gasteiger partial charge in [0.2, 0.25) is 0 Å². The van der Waals surface area contributed by atoms with Crippen LogP contribution >= 0.6 is 0 Å². The van der Waals surface area contributed by atoms with Gasteiger partial charge >= 0.3 is 0 Å². The van der Waals surface area contributed by atoms with Gasteiger partial charge < -0.3 is 5.32 Å². The van der Waals surface area contributed by atoms with Crippen LogP contribution in [0, 0.1) is 5.92 Å². The summed E-state index contributed by atoms with van der Waals surface area (Å²) in [4.78, 5) is 11.2. The van der Waals surface area contributed by atoms with Crippen molar-refractivity contribution in [3.8, 4) is 0 Å². The summed E-state index contributed by atoms with van der Waals surface area (Å²) in [6.45, 7) is 10.3. The minimum absolute atomic E-state index is 0.270. The molecule has 0 spiro atoms. The van der Waals surface area contributed by atoms with E-state index in [0.717, 1.165) is 18.2 Å². The third-order valence-electron chi connectivity index (χ3n) is 4.04. The number of nitrogens with zero attached hydrogens (tertiary/aromatic N) is 3. The monoisotopic (exact) mass is 276 g/mol. The highest BCUT2D eigenvalue weighted by Crippen LogP contribution is 2.18. The molecule has 1 aromatic rings. The molecule has 4 nitrogen and oxygen atoms in total. The fourth-order valence-corrected chi connectivity index (χ4v) is 2.95. The molecule has 2 atom stereocenters. The maximum Gasteiger partial charge on any atom is 0.0753 e. The van der Waals surface area contributed by atoms with Crippen LogP contribution in [0.1, 0.15) is 51.8 Å². The van der Waals surface area contributed by atoms with Gasteiger partial charge in [-0.15, -0.1) is 0 Å². The molecule has 1 aliphatic heterocycles. The Bertz CT molecular complexity index is 379. The number of rotatable bonds is 6. The van der Waals surface area contributed by atoms with Crippen LogP contribution in [0.25, 0.3) is 0 Å². The molecule has 20 heavy (non-hydrogen) atoms. The van der Waals surface area contributed by atoms with Gasteiger partial charge in [-0.3, -0.25) is 14.9 Å². The zero-order chi connectivity index (χ0) is 14.4. The van der Waals surface area contributed by atoms with Crippen molar-refractivity contribution in [2.24, 2.45) is 5.92 Å². The van der Waals surface area contributed by atoms with Gasteiger partial charge in [0.05, 0.1) is 5.69 Å². The molecule has 0 saturated carbocycles. The van der Waals surface area contributed by atoms with Gasteiger partial charge in [0.15, 0.2) is 0 Å². The molecule has 0 unspecified atom stereocenters. The number of nitrogens with one attached hydrogen (secondary N) is 1. The summed E-state index contributed by atoms with van der Waals surface area (Å²) in [5.74, 6) is 0.744. The first kappa shape index (κ1) is 15.4. The van der Waals surface area contributed by atoms with Crippen molar-refractivity contribution in [3.63, 3.8) is 0 Å². The molecule has 1 N–H and O–H groups in total. The van der Waals surface area contributed by atoms with E-state index in [1.807, 2.05) is 6.20 Å². The van der Waals surface area contributed by atoms with Gasteiger partial charge in [-0.25, -0.2) is 0 Å². The van der Waals surface area contributed by atoms with Gasteiger partial charge in [0, 0.05) is 43.8 Å². The average Bonchev–Trinajstić information content (AvgIpc) is 2.46. The Balaban J connectivity index is 1.84. The predicted octanol–water partition coefficient (Wildman–Crippen LogP) is 2.64. The van der Waals surface area contributed by atoms with Crippen molar-refractivity contribution in [1.82, 2.24) is 20.2 Å². The smallest absolute Gasteiger partial charge is 0.0753 e. The topological polar surface area (TPSA) is 41.0 Å². The maximum absolute atomic E-state index is 4.37. The number of aromatic nitrogens is 2. The average molecular weight is 276 g/mol. The van der Waals surface area contributed by atoms with Gasteiger partial charge in [-0.1, -0.05) is 20.3 Å². The molecular formula is C16H28N4. The molecular weight excluding hydrogens is 248 g/mol. The SMILES string of the molecule is CC(C)CN1CCCC[C@H]1CN[C@@H](C)c1cnccn1. The van der Waals surface area contributed by atoms with E-state index in [1.54, 1.807) is 12.4 Å². The zero-order valence-electron chi connectivity index (χ0n) is 13.0. The lowest BCUT2D eigenvalue weighted by Gasteiger charge is -2.37. The third-order valence-corrected chi connectivity index (χ3v) is 4.04. The highest BCUT2D eigenvalue weighted by molar-refractivity contribution is 5.00. The minimum atomic E-state index is 0.270. The van der Waals surface area contributed by atoms with E-state index < -0.39 is 0 Å². The van der Waals surface area contributed by atoms with Gasteiger partial charge in [0.1, 0.15) is 0 Å². The quantitative estimate of drug-likeness (QED) is 0.867. The molecule has 0 radical (unpaired) electrons. The number of likely N-dealkylation sites (tertiary alicyclic amines) is 1. The molecule has 4 heteroatoms. The molecule has 1 fully saturated rings. The first-order valence-electron chi connectivity index (χ1n) is 7.90. The first-order chi connectivity index (χ1) is 9.66. The Kier molecular flexibility index (Phi) is 5.92. The molecule has 0 amide bonds. The van der Waals surface area contributed by atoms with Crippen molar-refractivity contribution in [1.29, 1.82) is 0 Å². The summed E-state index contributed by atoms with van der Waals surface area (Å²) in [5.41, 5.74) is 1.03. The lowest BCUT2D eigenvalue weighted by Crippen LogP contribution is -2.47. The Hall–Kier alpha value is -1.00. The number of hydrogen-bond donors (Lipinski definition) is 1. The van der Waals surface area contributed by atoms with Crippen molar-refractivity contribution in [2.75, 3.05) is 19.6 Å². The van der Waals surface area contributed by atoms with Crippen LogP contribution in [-0.2, 0) is 0 Å². The summed E-state index contributed by atoms with van der Waals surface area (Å²) in [5, 5.41) is 3.63. The lowest BCUT2D eigenvalue weighted by atomic mass is 10.00. The van der Waals surface area contributed by atoms with E-state index in [9.17, 15) is 0 Å². The number of hydrogen-bond acceptors (Lipinski definition) is 4. The van der Waals surface area contributed by atoms with E-state index in [2.05, 4.69) is 41.0 Å². The summed E-state index contributed by atoms with van der Waals surface area (Å²) >= 11 is 0. The Labute approximate surface area is 123 Å². The van der Waals surface area contributed by atoms with Crippen LogP contribution in [0.2, 0.25) is 0 Å². The second kappa shape index (κ2) is 7.70. The zero-order valence-corrected chi connectivity index (χ0v) is 13.0. The largest absolute Gasteiger partial charge is 0.307 e. The molecule has 2 rings (SSSR count). The van der Waals surface area contributed by atoms with E-state index >= 15 is 0 Å². The molecule has 0 aliphatic carbocycles. The van der Waals surface area contributed by atoms with Gasteiger partial charge in [-0.05, 0) is 32.2 Å². The molecule has 1 saturated heterocycles. The Morgan fingerprint density at radius 3 is 2.85 bits per heavy atom. The highest BCUT2D eigenvalue weighted by atomic mass is 15.2. The van der Waals surface area contributed by atoms with Crippen molar-refractivity contribution in [3.05, 3.63) is 24.3 Å². The summed E-state index contributed by atoms with van der Waals surface area (Å²) in [6, 6.07) is 0.941. The minimum Gasteiger partial charge on any atom is -0.307 e. The lowest BCUT2D eigenvalue weighted by molar-refractivity contribution is 0.127. The predicted molar refractivity (Wildman–Crippen MR) is 82.5 cm³/mol. The van der Waals surface area contributed by atoms with Crippen LogP contribution in [0.15, 0.2) is 18.6 Å². The van der Waals surface area contributed by atoms with E-state index in [-0.39, 0.29) is 6.04 Å². The Morgan fingerprint density at radius 1 is 1.30 bits per heavy atom. The van der Waals surface area contributed by atoms with Gasteiger partial charge in [-0.2, -0.15) is 0 Å². The second-order valence-electron chi connectivity index (χ2n) is 6.30. The highest BCUT2D eigenvalue weighted by Gasteiger charge is 2.23. The van der Waals surface area contributed by atoms with Crippen molar-refractivity contribution >= 4 is 0 Å². The maximum atomic E-state index is 4.37. The van der Waals surface area contributed by atoms with Crippen molar-refractivity contribution in [2.45, 2.75) is 52.1 Å². The van der Waals surface area contributed by atoms with E-state index in [1.165, 1.54) is 32.4 Å². The van der Waals surface area contributed by atoms with Gasteiger partial charge in [0.25, 0.3) is 0 Å². The van der Waals surface area contributed by atoms with E-state index in [0.29, 0.717) is 6.04 Å². The molecule has 1 aliphatic rings.